The van der Waals surface area contributed by atoms with Gasteiger partial charge in [0.1, 0.15) is 0 Å². The second-order valence-electron chi connectivity index (χ2n) is 5.84. The lowest BCUT2D eigenvalue weighted by molar-refractivity contribution is 0.0675. The molecule has 1 aromatic heterocycles. The molecule has 0 saturated carbocycles. The average molecular weight is 265 g/mol. The van der Waals surface area contributed by atoms with Crippen LogP contribution < -0.4 is 5.32 Å². The molecule has 6 heteroatoms. The van der Waals surface area contributed by atoms with Gasteiger partial charge in [0.05, 0.1) is 12.2 Å². The Morgan fingerprint density at radius 3 is 2.63 bits per heavy atom. The Morgan fingerprint density at radius 1 is 1.47 bits per heavy atom. The molecule has 0 atom stereocenters. The minimum atomic E-state index is -0.0257. The SMILES string of the molecule is CC(C)CN(C(=O)c1cn(C2CNC2)nn1)C(C)C. The zero-order valence-corrected chi connectivity index (χ0v) is 12.1. The van der Waals surface area contributed by atoms with Gasteiger partial charge < -0.3 is 10.2 Å². The van der Waals surface area contributed by atoms with Gasteiger partial charge in [-0.25, -0.2) is 4.68 Å². The highest BCUT2D eigenvalue weighted by atomic mass is 16.2. The van der Waals surface area contributed by atoms with E-state index in [0.717, 1.165) is 19.6 Å². The summed E-state index contributed by atoms with van der Waals surface area (Å²) in [6.45, 7) is 10.8. The largest absolute Gasteiger partial charge is 0.335 e. The number of nitrogens with zero attached hydrogens (tertiary/aromatic N) is 4. The van der Waals surface area contributed by atoms with Crippen molar-refractivity contribution >= 4 is 5.91 Å². The molecule has 0 bridgehead atoms. The van der Waals surface area contributed by atoms with Crippen molar-refractivity contribution in [3.63, 3.8) is 0 Å². The molecule has 106 valence electrons. The van der Waals surface area contributed by atoms with Crippen LogP contribution in [0.5, 0.6) is 0 Å². The van der Waals surface area contributed by atoms with Crippen molar-refractivity contribution in [2.75, 3.05) is 19.6 Å². The molecule has 0 aromatic carbocycles. The van der Waals surface area contributed by atoms with E-state index in [0.29, 0.717) is 17.7 Å². The van der Waals surface area contributed by atoms with Gasteiger partial charge in [0.15, 0.2) is 5.69 Å². The molecule has 1 aliphatic rings. The zero-order valence-electron chi connectivity index (χ0n) is 12.1. The van der Waals surface area contributed by atoms with E-state index in [9.17, 15) is 4.79 Å². The van der Waals surface area contributed by atoms with Crippen molar-refractivity contribution < 1.29 is 4.79 Å². The summed E-state index contributed by atoms with van der Waals surface area (Å²) in [6.07, 6.45) is 1.77. The lowest BCUT2D eigenvalue weighted by Crippen LogP contribution is -2.43. The maximum absolute atomic E-state index is 12.5. The molecule has 1 fully saturated rings. The Morgan fingerprint density at radius 2 is 2.16 bits per heavy atom. The number of rotatable bonds is 5. The maximum Gasteiger partial charge on any atom is 0.276 e. The van der Waals surface area contributed by atoms with Crippen molar-refractivity contribution in [2.24, 2.45) is 5.92 Å². The minimum absolute atomic E-state index is 0.0257. The molecule has 1 saturated heterocycles. The third kappa shape index (κ3) is 3.12. The lowest BCUT2D eigenvalue weighted by atomic mass is 10.1. The van der Waals surface area contributed by atoms with E-state index in [2.05, 4.69) is 29.5 Å². The predicted molar refractivity (Wildman–Crippen MR) is 72.9 cm³/mol. The number of aromatic nitrogens is 3. The van der Waals surface area contributed by atoms with Gasteiger partial charge in [-0.3, -0.25) is 4.79 Å². The number of amides is 1. The third-order valence-electron chi connectivity index (χ3n) is 3.31. The summed E-state index contributed by atoms with van der Waals surface area (Å²) in [5, 5.41) is 11.3. The van der Waals surface area contributed by atoms with E-state index in [1.165, 1.54) is 0 Å². The molecule has 1 amide bonds. The van der Waals surface area contributed by atoms with Gasteiger partial charge in [0, 0.05) is 25.7 Å². The van der Waals surface area contributed by atoms with E-state index in [1.807, 2.05) is 18.7 Å². The summed E-state index contributed by atoms with van der Waals surface area (Å²) in [5.41, 5.74) is 0.446. The van der Waals surface area contributed by atoms with Crippen LogP contribution in [-0.2, 0) is 0 Å². The fraction of sp³-hybridized carbons (Fsp3) is 0.769. The van der Waals surface area contributed by atoms with Crippen molar-refractivity contribution in [1.29, 1.82) is 0 Å². The number of hydrogen-bond donors (Lipinski definition) is 1. The van der Waals surface area contributed by atoms with E-state index < -0.39 is 0 Å². The van der Waals surface area contributed by atoms with Gasteiger partial charge in [0.2, 0.25) is 0 Å². The topological polar surface area (TPSA) is 63.1 Å². The molecule has 1 N–H and O–H groups in total. The van der Waals surface area contributed by atoms with Crippen LogP contribution in [0.4, 0.5) is 0 Å². The quantitative estimate of drug-likeness (QED) is 0.860. The number of nitrogens with one attached hydrogen (secondary N) is 1. The summed E-state index contributed by atoms with van der Waals surface area (Å²) in [4.78, 5) is 14.3. The van der Waals surface area contributed by atoms with Gasteiger partial charge in [-0.2, -0.15) is 0 Å². The molecule has 6 nitrogen and oxygen atoms in total. The second-order valence-corrected chi connectivity index (χ2v) is 5.84. The van der Waals surface area contributed by atoms with Gasteiger partial charge >= 0.3 is 0 Å². The standard InChI is InChI=1S/C13H23N5O/c1-9(2)7-17(10(3)4)13(19)12-8-18(16-15-12)11-5-14-6-11/h8-11,14H,5-7H2,1-4H3. The minimum Gasteiger partial charge on any atom is -0.335 e. The number of carbonyl (C=O) groups is 1. The van der Waals surface area contributed by atoms with Crippen LogP contribution in [-0.4, -0.2) is 51.5 Å². The Bertz CT molecular complexity index is 436. The fourth-order valence-electron chi connectivity index (χ4n) is 2.08. The molecular weight excluding hydrogens is 242 g/mol. The molecule has 0 radical (unpaired) electrons. The van der Waals surface area contributed by atoms with E-state index in [4.69, 9.17) is 0 Å². The monoisotopic (exact) mass is 265 g/mol. The molecule has 0 spiro atoms. The first-order chi connectivity index (χ1) is 8.99. The van der Waals surface area contributed by atoms with E-state index in [1.54, 1.807) is 10.9 Å². The Labute approximate surface area is 114 Å². The van der Waals surface area contributed by atoms with Gasteiger partial charge in [-0.15, -0.1) is 5.10 Å². The Hall–Kier alpha value is -1.43. The molecule has 0 aliphatic carbocycles. The summed E-state index contributed by atoms with van der Waals surface area (Å²) in [5.74, 6) is 0.416. The van der Waals surface area contributed by atoms with Gasteiger partial charge in [0.25, 0.3) is 5.91 Å². The van der Waals surface area contributed by atoms with Gasteiger partial charge in [-0.05, 0) is 19.8 Å². The fourth-order valence-corrected chi connectivity index (χ4v) is 2.08. The lowest BCUT2D eigenvalue weighted by Gasteiger charge is -2.28. The normalized spacial score (nSPS) is 15.9. The molecule has 1 aliphatic heterocycles. The summed E-state index contributed by atoms with van der Waals surface area (Å²) in [7, 11) is 0. The highest BCUT2D eigenvalue weighted by molar-refractivity contribution is 5.92. The van der Waals surface area contributed by atoms with Crippen molar-refractivity contribution in [2.45, 2.75) is 39.8 Å². The smallest absolute Gasteiger partial charge is 0.276 e. The van der Waals surface area contributed by atoms with Crippen molar-refractivity contribution in [3.8, 4) is 0 Å². The summed E-state index contributed by atoms with van der Waals surface area (Å²) in [6, 6.07) is 0.511. The Balaban J connectivity index is 2.09. The van der Waals surface area contributed by atoms with Crippen LogP contribution in [0, 0.1) is 5.92 Å². The molecule has 19 heavy (non-hydrogen) atoms. The first-order valence-electron chi connectivity index (χ1n) is 6.92. The second kappa shape index (κ2) is 5.69. The van der Waals surface area contributed by atoms with E-state index in [-0.39, 0.29) is 11.9 Å². The molecule has 1 aromatic rings. The predicted octanol–water partition coefficient (Wildman–Crippen LogP) is 0.929. The van der Waals surface area contributed by atoms with Gasteiger partial charge in [-0.1, -0.05) is 19.1 Å². The Kier molecular flexibility index (Phi) is 4.19. The maximum atomic E-state index is 12.5. The number of carbonyl (C=O) groups excluding carboxylic acids is 1. The molecule has 2 heterocycles. The first kappa shape index (κ1) is 14.0. The molecule has 2 rings (SSSR count). The van der Waals surface area contributed by atoms with Crippen LogP contribution in [0.25, 0.3) is 0 Å². The zero-order chi connectivity index (χ0) is 14.0. The summed E-state index contributed by atoms with van der Waals surface area (Å²) >= 11 is 0. The van der Waals surface area contributed by atoms with Crippen LogP contribution in [0.15, 0.2) is 6.20 Å². The van der Waals surface area contributed by atoms with Crippen LogP contribution in [0.2, 0.25) is 0 Å². The molecular formula is C13H23N5O. The average Bonchev–Trinajstić information content (AvgIpc) is 2.71. The summed E-state index contributed by atoms with van der Waals surface area (Å²) < 4.78 is 1.79. The first-order valence-corrected chi connectivity index (χ1v) is 6.92. The number of hydrogen-bond acceptors (Lipinski definition) is 4. The van der Waals surface area contributed by atoms with Crippen molar-refractivity contribution in [3.05, 3.63) is 11.9 Å². The van der Waals surface area contributed by atoms with Crippen LogP contribution >= 0.6 is 0 Å². The highest BCUT2D eigenvalue weighted by Crippen LogP contribution is 2.13. The van der Waals surface area contributed by atoms with Crippen LogP contribution in [0.1, 0.15) is 44.2 Å². The van der Waals surface area contributed by atoms with Crippen LogP contribution in [0.3, 0.4) is 0 Å². The molecule has 0 unspecified atom stereocenters. The third-order valence-corrected chi connectivity index (χ3v) is 3.31. The highest BCUT2D eigenvalue weighted by Gasteiger charge is 2.25. The van der Waals surface area contributed by atoms with E-state index >= 15 is 0 Å². The van der Waals surface area contributed by atoms with Crippen molar-refractivity contribution in [1.82, 2.24) is 25.2 Å².